The van der Waals surface area contributed by atoms with Gasteiger partial charge in [0.25, 0.3) is 0 Å². The standard InChI is InChI=1S/C14H26F3N3O.HI/c1-3-13(6-4-7-13)10-20-12(18-2)19-8-5-9-21-11-14(15,16)17;/h3-11H2,1-2H3,(H2,18,19,20);1H. The highest BCUT2D eigenvalue weighted by atomic mass is 127. The third kappa shape index (κ3) is 8.40. The second-order valence-electron chi connectivity index (χ2n) is 5.58. The molecule has 8 heteroatoms. The number of hydrogen-bond acceptors (Lipinski definition) is 2. The van der Waals surface area contributed by atoms with Crippen LogP contribution in [-0.2, 0) is 4.74 Å². The summed E-state index contributed by atoms with van der Waals surface area (Å²) in [5.74, 6) is 0.700. The minimum atomic E-state index is -4.25. The first kappa shape index (κ1) is 21.8. The van der Waals surface area contributed by atoms with Crippen LogP contribution in [0.2, 0.25) is 0 Å². The SMILES string of the molecule is CCC1(CNC(=NC)NCCCOCC(F)(F)F)CCC1.I. The molecule has 0 atom stereocenters. The minimum absolute atomic E-state index is 0. The lowest BCUT2D eigenvalue weighted by molar-refractivity contribution is -0.173. The smallest absolute Gasteiger partial charge is 0.372 e. The number of hydrogen-bond donors (Lipinski definition) is 2. The average Bonchev–Trinajstić information content (AvgIpc) is 2.38. The Kier molecular flexibility index (Phi) is 10.4. The van der Waals surface area contributed by atoms with E-state index in [1.807, 2.05) is 0 Å². The van der Waals surface area contributed by atoms with Crippen LogP contribution in [0.3, 0.4) is 0 Å². The Morgan fingerprint density at radius 2 is 1.95 bits per heavy atom. The monoisotopic (exact) mass is 437 g/mol. The summed E-state index contributed by atoms with van der Waals surface area (Å²) < 4.78 is 40.1. The molecule has 132 valence electrons. The number of alkyl halides is 3. The first-order valence-electron chi connectivity index (χ1n) is 7.50. The maximum absolute atomic E-state index is 11.9. The number of rotatable bonds is 8. The lowest BCUT2D eigenvalue weighted by Gasteiger charge is -2.41. The molecule has 1 saturated carbocycles. The van der Waals surface area contributed by atoms with E-state index in [0.717, 1.165) is 13.0 Å². The second kappa shape index (κ2) is 10.5. The molecular formula is C14H27F3IN3O. The topological polar surface area (TPSA) is 45.7 Å². The van der Waals surface area contributed by atoms with Gasteiger partial charge in [-0.25, -0.2) is 0 Å². The van der Waals surface area contributed by atoms with E-state index in [2.05, 4.69) is 27.3 Å². The highest BCUT2D eigenvalue weighted by molar-refractivity contribution is 14.0. The summed E-state index contributed by atoms with van der Waals surface area (Å²) in [7, 11) is 1.69. The fraction of sp³-hybridized carbons (Fsp3) is 0.929. The van der Waals surface area contributed by atoms with Crippen LogP contribution in [0.25, 0.3) is 0 Å². The van der Waals surface area contributed by atoms with Gasteiger partial charge in [-0.1, -0.05) is 13.3 Å². The number of aliphatic imine (C=N–C) groups is 1. The van der Waals surface area contributed by atoms with E-state index in [1.165, 1.54) is 19.3 Å². The number of guanidine groups is 1. The maximum Gasteiger partial charge on any atom is 0.411 e. The van der Waals surface area contributed by atoms with Crippen LogP contribution >= 0.6 is 24.0 Å². The summed E-state index contributed by atoms with van der Waals surface area (Å²) in [4.78, 5) is 4.11. The molecule has 0 radical (unpaired) electrons. The third-order valence-corrected chi connectivity index (χ3v) is 4.04. The highest BCUT2D eigenvalue weighted by Gasteiger charge is 2.34. The molecule has 1 rings (SSSR count). The molecule has 1 aliphatic carbocycles. The Morgan fingerprint density at radius 1 is 1.27 bits per heavy atom. The Balaban J connectivity index is 0.00000441. The van der Waals surface area contributed by atoms with E-state index in [9.17, 15) is 13.2 Å². The van der Waals surface area contributed by atoms with Crippen molar-refractivity contribution >= 4 is 29.9 Å². The normalized spacial score (nSPS) is 17.4. The Hall–Kier alpha value is -0.250. The molecule has 0 aromatic rings. The van der Waals surface area contributed by atoms with E-state index in [-0.39, 0.29) is 30.6 Å². The van der Waals surface area contributed by atoms with Crippen LogP contribution in [0, 0.1) is 5.41 Å². The van der Waals surface area contributed by atoms with E-state index in [0.29, 0.717) is 24.3 Å². The van der Waals surface area contributed by atoms with Gasteiger partial charge in [-0.3, -0.25) is 4.99 Å². The number of ether oxygens (including phenoxy) is 1. The fourth-order valence-corrected chi connectivity index (χ4v) is 2.39. The van der Waals surface area contributed by atoms with Crippen LogP contribution in [0.1, 0.15) is 39.0 Å². The highest BCUT2D eigenvalue weighted by Crippen LogP contribution is 2.42. The van der Waals surface area contributed by atoms with E-state index < -0.39 is 12.8 Å². The van der Waals surface area contributed by atoms with E-state index >= 15 is 0 Å². The van der Waals surface area contributed by atoms with Gasteiger partial charge in [0.2, 0.25) is 0 Å². The van der Waals surface area contributed by atoms with Gasteiger partial charge >= 0.3 is 6.18 Å². The summed E-state index contributed by atoms with van der Waals surface area (Å²) in [6.07, 6.45) is 1.20. The molecule has 0 aromatic heterocycles. The van der Waals surface area contributed by atoms with E-state index in [4.69, 9.17) is 0 Å². The summed E-state index contributed by atoms with van der Waals surface area (Å²) >= 11 is 0. The molecule has 0 bridgehead atoms. The fourth-order valence-electron chi connectivity index (χ4n) is 2.39. The van der Waals surface area contributed by atoms with Crippen LogP contribution in [0.5, 0.6) is 0 Å². The summed E-state index contributed by atoms with van der Waals surface area (Å²) in [6, 6.07) is 0. The van der Waals surface area contributed by atoms with Gasteiger partial charge < -0.3 is 15.4 Å². The Labute approximate surface area is 147 Å². The first-order chi connectivity index (χ1) is 9.91. The summed E-state index contributed by atoms with van der Waals surface area (Å²) in [6.45, 7) is 2.54. The lowest BCUT2D eigenvalue weighted by atomic mass is 9.67. The molecule has 0 heterocycles. The molecular weight excluding hydrogens is 410 g/mol. The van der Waals surface area contributed by atoms with Crippen LogP contribution in [-0.4, -0.2) is 45.5 Å². The van der Waals surface area contributed by atoms with Crippen molar-refractivity contribution in [3.63, 3.8) is 0 Å². The predicted octanol–water partition coefficient (Wildman–Crippen LogP) is 3.32. The summed E-state index contributed by atoms with van der Waals surface area (Å²) in [5, 5.41) is 6.39. The average molecular weight is 437 g/mol. The third-order valence-electron chi connectivity index (χ3n) is 4.04. The predicted molar refractivity (Wildman–Crippen MR) is 92.8 cm³/mol. The molecule has 0 saturated heterocycles. The van der Waals surface area contributed by atoms with Crippen molar-refractivity contribution in [3.05, 3.63) is 0 Å². The summed E-state index contributed by atoms with van der Waals surface area (Å²) in [5.41, 5.74) is 0.396. The molecule has 0 aliphatic heterocycles. The number of nitrogens with one attached hydrogen (secondary N) is 2. The molecule has 4 nitrogen and oxygen atoms in total. The number of halogens is 4. The van der Waals surface area contributed by atoms with Crippen LogP contribution in [0.4, 0.5) is 13.2 Å². The molecule has 1 aliphatic rings. The molecule has 0 unspecified atom stereocenters. The second-order valence-corrected chi connectivity index (χ2v) is 5.58. The van der Waals surface area contributed by atoms with Gasteiger partial charge in [-0.05, 0) is 31.1 Å². The molecule has 0 amide bonds. The largest absolute Gasteiger partial charge is 0.411 e. The van der Waals surface area contributed by atoms with Crippen molar-refractivity contribution in [2.45, 2.75) is 45.2 Å². The van der Waals surface area contributed by atoms with Gasteiger partial charge in [-0.2, -0.15) is 13.2 Å². The Morgan fingerprint density at radius 3 is 2.41 bits per heavy atom. The van der Waals surface area contributed by atoms with Crippen molar-refractivity contribution in [2.75, 3.05) is 33.4 Å². The lowest BCUT2D eigenvalue weighted by Crippen LogP contribution is -2.46. The molecule has 1 fully saturated rings. The molecule has 22 heavy (non-hydrogen) atoms. The van der Waals surface area contributed by atoms with Crippen LogP contribution in [0.15, 0.2) is 4.99 Å². The molecule has 0 spiro atoms. The molecule has 0 aromatic carbocycles. The van der Waals surface area contributed by atoms with Crippen molar-refractivity contribution in [3.8, 4) is 0 Å². The van der Waals surface area contributed by atoms with Gasteiger partial charge in [0, 0.05) is 26.7 Å². The van der Waals surface area contributed by atoms with Gasteiger partial charge in [0.05, 0.1) is 0 Å². The number of nitrogens with zero attached hydrogens (tertiary/aromatic N) is 1. The maximum atomic E-state index is 11.9. The van der Waals surface area contributed by atoms with Gasteiger partial charge in [-0.15, -0.1) is 24.0 Å². The Bertz CT molecular complexity index is 328. The van der Waals surface area contributed by atoms with E-state index in [1.54, 1.807) is 7.05 Å². The minimum Gasteiger partial charge on any atom is -0.372 e. The van der Waals surface area contributed by atoms with Gasteiger partial charge in [0.15, 0.2) is 5.96 Å². The van der Waals surface area contributed by atoms with Crippen molar-refractivity contribution in [1.29, 1.82) is 0 Å². The van der Waals surface area contributed by atoms with Crippen molar-refractivity contribution in [1.82, 2.24) is 10.6 Å². The molecule has 2 N–H and O–H groups in total. The first-order valence-corrected chi connectivity index (χ1v) is 7.50. The zero-order chi connectivity index (χ0) is 15.8. The zero-order valence-corrected chi connectivity index (χ0v) is 15.6. The van der Waals surface area contributed by atoms with Gasteiger partial charge in [0.1, 0.15) is 6.61 Å². The van der Waals surface area contributed by atoms with Crippen molar-refractivity contribution < 1.29 is 17.9 Å². The quantitative estimate of drug-likeness (QED) is 0.265. The van der Waals surface area contributed by atoms with Crippen LogP contribution < -0.4 is 10.6 Å². The van der Waals surface area contributed by atoms with Crippen molar-refractivity contribution in [2.24, 2.45) is 10.4 Å². The zero-order valence-electron chi connectivity index (χ0n) is 13.3.